The minimum Gasteiger partial charge on any atom is -0.508 e. The first-order valence-electron chi connectivity index (χ1n) is 9.20. The van der Waals surface area contributed by atoms with Gasteiger partial charge in [-0.3, -0.25) is 4.79 Å². The topological polar surface area (TPSA) is 92.9 Å². The second-order valence-corrected chi connectivity index (χ2v) is 8.53. The molecule has 0 bridgehead atoms. The van der Waals surface area contributed by atoms with Crippen LogP contribution >= 0.6 is 23.1 Å². The van der Waals surface area contributed by atoms with Crippen molar-refractivity contribution in [1.82, 2.24) is 25.5 Å². The number of phenols is 1. The van der Waals surface area contributed by atoms with Gasteiger partial charge in [0.25, 0.3) is 0 Å². The number of carbonyl (C=O) groups excluding carboxylic acids is 1. The molecule has 2 N–H and O–H groups in total. The Hall–Kier alpha value is -3.17. The van der Waals surface area contributed by atoms with Gasteiger partial charge in [-0.05, 0) is 58.6 Å². The monoisotopic (exact) mass is 437 g/mol. The van der Waals surface area contributed by atoms with Crippen LogP contribution in [0.2, 0.25) is 0 Å². The number of aryl methyl sites for hydroxylation is 1. The van der Waals surface area contributed by atoms with E-state index in [1.807, 2.05) is 48.7 Å². The third-order valence-corrected chi connectivity index (χ3v) is 6.27. The molecule has 1 unspecified atom stereocenters. The second-order valence-electron chi connectivity index (χ2n) is 6.60. The molecule has 9 heteroatoms. The van der Waals surface area contributed by atoms with Gasteiger partial charge in [-0.15, -0.1) is 16.4 Å². The van der Waals surface area contributed by atoms with Crippen molar-refractivity contribution in [3.63, 3.8) is 0 Å². The molecule has 30 heavy (non-hydrogen) atoms. The molecule has 0 spiro atoms. The third kappa shape index (κ3) is 4.69. The maximum Gasteiger partial charge on any atom is 0.231 e. The first kappa shape index (κ1) is 20.1. The van der Waals surface area contributed by atoms with E-state index in [9.17, 15) is 9.90 Å². The molecule has 1 atom stereocenters. The van der Waals surface area contributed by atoms with E-state index in [-0.39, 0.29) is 23.5 Å². The van der Waals surface area contributed by atoms with E-state index in [2.05, 4.69) is 20.8 Å². The quantitative estimate of drug-likeness (QED) is 0.428. The highest BCUT2D eigenvalue weighted by atomic mass is 32.2. The molecule has 4 rings (SSSR count). The molecule has 0 aliphatic carbocycles. The minimum absolute atomic E-state index is 0.112. The average molecular weight is 438 g/mol. The van der Waals surface area contributed by atoms with Gasteiger partial charge in [-0.25, -0.2) is 0 Å². The normalized spacial score (nSPS) is 11.9. The summed E-state index contributed by atoms with van der Waals surface area (Å²) in [6.45, 7) is 2.04. The third-order valence-electron chi connectivity index (χ3n) is 4.41. The zero-order valence-electron chi connectivity index (χ0n) is 16.1. The average Bonchev–Trinajstić information content (AvgIpc) is 3.44. The molecule has 2 aromatic heterocycles. The van der Waals surface area contributed by atoms with Crippen LogP contribution in [0.4, 0.5) is 0 Å². The van der Waals surface area contributed by atoms with Gasteiger partial charge in [0.05, 0.1) is 17.5 Å². The highest BCUT2D eigenvalue weighted by Crippen LogP contribution is 2.27. The smallest absolute Gasteiger partial charge is 0.231 e. The fraction of sp³-hybridized carbons (Fsp3) is 0.143. The summed E-state index contributed by atoms with van der Waals surface area (Å²) in [7, 11) is 0. The number of tetrazole rings is 1. The number of phenolic OH excluding ortho intramolecular Hbond substituents is 1. The SMILES string of the molecule is Cc1ccc(C(NC(=O)CSc2nnnn2-c2ccc(O)cc2)c2cccs2)cc1. The van der Waals surface area contributed by atoms with Crippen molar-refractivity contribution in [3.05, 3.63) is 82.0 Å². The summed E-state index contributed by atoms with van der Waals surface area (Å²) >= 11 is 2.86. The molecular formula is C21H19N5O2S2. The Morgan fingerprint density at radius 3 is 2.63 bits per heavy atom. The summed E-state index contributed by atoms with van der Waals surface area (Å²) in [6, 6.07) is 18.5. The second kappa shape index (κ2) is 9.10. The molecule has 0 radical (unpaired) electrons. The number of thioether (sulfide) groups is 1. The minimum atomic E-state index is -0.202. The first-order chi connectivity index (χ1) is 14.6. The van der Waals surface area contributed by atoms with Gasteiger partial charge in [-0.2, -0.15) is 4.68 Å². The van der Waals surface area contributed by atoms with Gasteiger partial charge >= 0.3 is 0 Å². The van der Waals surface area contributed by atoms with Gasteiger partial charge in [0, 0.05) is 4.88 Å². The lowest BCUT2D eigenvalue weighted by Gasteiger charge is -2.18. The zero-order chi connectivity index (χ0) is 20.9. The highest BCUT2D eigenvalue weighted by molar-refractivity contribution is 7.99. The zero-order valence-corrected chi connectivity index (χ0v) is 17.7. The van der Waals surface area contributed by atoms with E-state index in [0.29, 0.717) is 10.8 Å². The Kier molecular flexibility index (Phi) is 6.10. The number of benzene rings is 2. The highest BCUT2D eigenvalue weighted by Gasteiger charge is 2.19. The molecular weight excluding hydrogens is 418 g/mol. The van der Waals surface area contributed by atoms with E-state index in [1.54, 1.807) is 35.6 Å². The van der Waals surface area contributed by atoms with Crippen molar-refractivity contribution < 1.29 is 9.90 Å². The number of nitrogens with zero attached hydrogens (tertiary/aromatic N) is 4. The van der Waals surface area contributed by atoms with Crippen LogP contribution < -0.4 is 5.32 Å². The van der Waals surface area contributed by atoms with E-state index in [1.165, 1.54) is 22.0 Å². The van der Waals surface area contributed by atoms with Crippen molar-refractivity contribution >= 4 is 29.0 Å². The van der Waals surface area contributed by atoms with Crippen LogP contribution in [0, 0.1) is 6.92 Å². The van der Waals surface area contributed by atoms with Crippen molar-refractivity contribution in [3.8, 4) is 11.4 Å². The summed E-state index contributed by atoms with van der Waals surface area (Å²) in [5.74, 6) is 0.224. The Balaban J connectivity index is 1.46. The Bertz CT molecular complexity index is 1110. The molecule has 0 aliphatic heterocycles. The van der Waals surface area contributed by atoms with Gasteiger partial charge < -0.3 is 10.4 Å². The maximum absolute atomic E-state index is 12.7. The molecule has 4 aromatic rings. The molecule has 7 nitrogen and oxygen atoms in total. The Morgan fingerprint density at radius 2 is 1.93 bits per heavy atom. The molecule has 0 saturated heterocycles. The van der Waals surface area contributed by atoms with E-state index in [4.69, 9.17) is 0 Å². The summed E-state index contributed by atoms with van der Waals surface area (Å²) in [6.07, 6.45) is 0. The Morgan fingerprint density at radius 1 is 1.17 bits per heavy atom. The van der Waals surface area contributed by atoms with Crippen LogP contribution in [0.25, 0.3) is 5.69 Å². The van der Waals surface area contributed by atoms with Crippen LogP contribution in [0.1, 0.15) is 22.0 Å². The number of hydrogen-bond acceptors (Lipinski definition) is 7. The largest absolute Gasteiger partial charge is 0.508 e. The fourth-order valence-electron chi connectivity index (χ4n) is 2.89. The van der Waals surface area contributed by atoms with Gasteiger partial charge in [0.1, 0.15) is 5.75 Å². The number of rotatable bonds is 7. The van der Waals surface area contributed by atoms with Crippen LogP contribution in [0.5, 0.6) is 5.75 Å². The molecule has 0 fully saturated rings. The van der Waals surface area contributed by atoms with E-state index in [0.717, 1.165) is 10.4 Å². The van der Waals surface area contributed by atoms with Gasteiger partial charge in [0.15, 0.2) is 0 Å². The number of aromatic hydroxyl groups is 1. The van der Waals surface area contributed by atoms with Crippen molar-refractivity contribution in [1.29, 1.82) is 0 Å². The standard InChI is InChI=1S/C21H19N5O2S2/c1-14-4-6-15(7-5-14)20(18-3-2-12-29-18)22-19(28)13-30-21-23-24-25-26(21)16-8-10-17(27)11-9-16/h2-12,20,27H,13H2,1H3,(H,22,28). The van der Waals surface area contributed by atoms with Gasteiger partial charge in [0.2, 0.25) is 11.1 Å². The lowest BCUT2D eigenvalue weighted by molar-refractivity contribution is -0.119. The van der Waals surface area contributed by atoms with E-state index < -0.39 is 0 Å². The van der Waals surface area contributed by atoms with Crippen molar-refractivity contribution in [2.24, 2.45) is 0 Å². The lowest BCUT2D eigenvalue weighted by Crippen LogP contribution is -2.30. The predicted octanol–water partition coefficient (Wildman–Crippen LogP) is 3.74. The lowest BCUT2D eigenvalue weighted by atomic mass is 10.0. The molecule has 152 valence electrons. The summed E-state index contributed by atoms with van der Waals surface area (Å²) in [5.41, 5.74) is 2.92. The van der Waals surface area contributed by atoms with Crippen LogP contribution in [0.3, 0.4) is 0 Å². The molecule has 2 heterocycles. The van der Waals surface area contributed by atoms with Crippen molar-refractivity contribution in [2.45, 2.75) is 18.1 Å². The van der Waals surface area contributed by atoms with Crippen LogP contribution in [-0.4, -0.2) is 37.0 Å². The summed E-state index contributed by atoms with van der Waals surface area (Å²) in [4.78, 5) is 13.8. The number of carbonyl (C=O) groups is 1. The maximum atomic E-state index is 12.7. The number of thiophene rings is 1. The Labute approximate surface area is 181 Å². The molecule has 2 aromatic carbocycles. The van der Waals surface area contributed by atoms with Crippen LogP contribution in [0.15, 0.2) is 71.2 Å². The van der Waals surface area contributed by atoms with E-state index >= 15 is 0 Å². The first-order valence-corrected chi connectivity index (χ1v) is 11.1. The fourth-order valence-corrected chi connectivity index (χ4v) is 4.40. The number of hydrogen-bond donors (Lipinski definition) is 2. The van der Waals surface area contributed by atoms with Gasteiger partial charge in [-0.1, -0.05) is 47.7 Å². The summed E-state index contributed by atoms with van der Waals surface area (Å²) < 4.78 is 1.54. The number of aromatic nitrogens is 4. The number of amides is 1. The molecule has 0 aliphatic rings. The predicted molar refractivity (Wildman–Crippen MR) is 117 cm³/mol. The summed E-state index contributed by atoms with van der Waals surface area (Å²) in [5, 5.41) is 26.8. The van der Waals surface area contributed by atoms with Crippen LogP contribution in [-0.2, 0) is 4.79 Å². The molecule has 1 amide bonds. The number of nitrogens with one attached hydrogen (secondary N) is 1. The molecule has 0 saturated carbocycles. The van der Waals surface area contributed by atoms with Crippen molar-refractivity contribution in [2.75, 3.05) is 5.75 Å².